The first-order chi connectivity index (χ1) is 6.97. The quantitative estimate of drug-likeness (QED) is 0.489. The summed E-state index contributed by atoms with van der Waals surface area (Å²) in [6, 6.07) is 1.10. The summed E-state index contributed by atoms with van der Waals surface area (Å²) in [7, 11) is 0. The number of pyridine rings is 1. The molecule has 1 rings (SSSR count). The zero-order valence-corrected chi connectivity index (χ0v) is 10.9. The van der Waals surface area contributed by atoms with Crippen molar-refractivity contribution < 1.29 is 18.7 Å². The average molecular weight is 392 g/mol. The second kappa shape index (κ2) is 5.15. The van der Waals surface area contributed by atoms with Crippen LogP contribution in [-0.4, -0.2) is 16.1 Å². The summed E-state index contributed by atoms with van der Waals surface area (Å²) >= 11 is 4.72. The molecule has 15 heavy (non-hydrogen) atoms. The predicted octanol–water partition coefficient (Wildman–Crippen LogP) is 3.22. The zero-order chi connectivity index (χ0) is 11.6. The van der Waals surface area contributed by atoms with E-state index in [4.69, 9.17) is 5.11 Å². The summed E-state index contributed by atoms with van der Waals surface area (Å²) in [6.07, 6.45) is -2.81. The maximum Gasteiger partial charge on any atom is 0.338 e. The van der Waals surface area contributed by atoms with Gasteiger partial charge in [0.05, 0.1) is 5.69 Å². The molecule has 1 N–H and O–H groups in total. The summed E-state index contributed by atoms with van der Waals surface area (Å²) in [6.45, 7) is 0. The lowest BCUT2D eigenvalue weighted by atomic mass is 10.1. The van der Waals surface area contributed by atoms with Crippen molar-refractivity contribution in [2.24, 2.45) is 0 Å². The largest absolute Gasteiger partial charge is 0.478 e. The van der Waals surface area contributed by atoms with E-state index in [1.165, 1.54) is 0 Å². The lowest BCUT2D eigenvalue weighted by Crippen LogP contribution is -2.09. The van der Waals surface area contributed by atoms with Gasteiger partial charge < -0.3 is 5.11 Å². The molecule has 1 aromatic rings. The third kappa shape index (κ3) is 2.83. The monoisotopic (exact) mass is 391 g/mol. The number of alkyl halides is 3. The van der Waals surface area contributed by atoms with Crippen molar-refractivity contribution in [2.75, 3.05) is 0 Å². The minimum absolute atomic E-state index is 0.0763. The fourth-order valence-corrected chi connectivity index (χ4v) is 2.18. The number of halogens is 4. The van der Waals surface area contributed by atoms with Crippen molar-refractivity contribution in [3.63, 3.8) is 0 Å². The highest BCUT2D eigenvalue weighted by molar-refractivity contribution is 14.1. The van der Waals surface area contributed by atoms with Crippen LogP contribution in [0.2, 0.25) is 0 Å². The Hall–Kier alpha value is -0.310. The molecule has 0 bridgehead atoms. The molecule has 0 saturated carbocycles. The van der Waals surface area contributed by atoms with Crippen LogP contribution >= 0.6 is 38.5 Å². The fraction of sp³-hybridized carbons (Fsp3) is 0.250. The van der Waals surface area contributed by atoms with E-state index >= 15 is 0 Å². The number of aromatic carboxylic acids is 1. The SMILES string of the molecule is O=C(O)c1c(C(F)F)cc(CBr)nc1I. The van der Waals surface area contributed by atoms with E-state index in [-0.39, 0.29) is 3.70 Å². The van der Waals surface area contributed by atoms with Gasteiger partial charge >= 0.3 is 5.97 Å². The van der Waals surface area contributed by atoms with E-state index < -0.39 is 23.5 Å². The fourth-order valence-electron chi connectivity index (χ4n) is 1.04. The molecule has 0 aliphatic carbocycles. The molecule has 0 unspecified atom stereocenters. The van der Waals surface area contributed by atoms with Gasteiger partial charge in [-0.15, -0.1) is 0 Å². The Labute approximate surface area is 106 Å². The molecular formula is C8H5BrF2INO2. The summed E-state index contributed by atoms with van der Waals surface area (Å²) in [5.74, 6) is -1.39. The molecule has 0 atom stereocenters. The normalized spacial score (nSPS) is 10.7. The first-order valence-electron chi connectivity index (χ1n) is 3.74. The Morgan fingerprint density at radius 1 is 1.67 bits per heavy atom. The Balaban J connectivity index is 3.42. The molecule has 0 saturated heterocycles. The van der Waals surface area contributed by atoms with Crippen molar-refractivity contribution in [3.05, 3.63) is 26.6 Å². The van der Waals surface area contributed by atoms with Crippen LogP contribution in [0.4, 0.5) is 8.78 Å². The molecule has 0 fully saturated rings. The van der Waals surface area contributed by atoms with Gasteiger partial charge in [-0.25, -0.2) is 18.6 Å². The predicted molar refractivity (Wildman–Crippen MR) is 61.5 cm³/mol. The minimum atomic E-state index is -2.81. The summed E-state index contributed by atoms with van der Waals surface area (Å²) in [4.78, 5) is 14.6. The van der Waals surface area contributed by atoms with Crippen LogP contribution in [0.25, 0.3) is 0 Å². The van der Waals surface area contributed by atoms with Crippen molar-refractivity contribution >= 4 is 44.5 Å². The molecule has 0 aliphatic rings. The molecule has 0 aliphatic heterocycles. The van der Waals surface area contributed by atoms with E-state index in [0.717, 1.165) is 6.07 Å². The van der Waals surface area contributed by atoms with Crippen LogP contribution < -0.4 is 0 Å². The minimum Gasteiger partial charge on any atom is -0.478 e. The van der Waals surface area contributed by atoms with Crippen LogP contribution in [0.1, 0.15) is 28.0 Å². The Morgan fingerprint density at radius 2 is 2.27 bits per heavy atom. The van der Waals surface area contributed by atoms with Crippen LogP contribution in [0.15, 0.2) is 6.07 Å². The van der Waals surface area contributed by atoms with Crippen molar-refractivity contribution in [2.45, 2.75) is 11.8 Å². The van der Waals surface area contributed by atoms with Gasteiger partial charge in [-0.05, 0) is 28.7 Å². The highest BCUT2D eigenvalue weighted by atomic mass is 127. The number of hydrogen-bond donors (Lipinski definition) is 1. The lowest BCUT2D eigenvalue weighted by Gasteiger charge is -2.08. The number of carboxylic acid groups (broad SMARTS) is 1. The average Bonchev–Trinajstić information content (AvgIpc) is 2.15. The molecule has 7 heteroatoms. The van der Waals surface area contributed by atoms with Crippen molar-refractivity contribution in [3.8, 4) is 0 Å². The Morgan fingerprint density at radius 3 is 2.67 bits per heavy atom. The Bertz CT molecular complexity index is 400. The number of hydrogen-bond acceptors (Lipinski definition) is 2. The molecule has 1 aromatic heterocycles. The first-order valence-corrected chi connectivity index (χ1v) is 5.94. The smallest absolute Gasteiger partial charge is 0.338 e. The maximum atomic E-state index is 12.6. The maximum absolute atomic E-state index is 12.6. The molecule has 0 radical (unpaired) electrons. The van der Waals surface area contributed by atoms with Gasteiger partial charge in [0.15, 0.2) is 0 Å². The Kier molecular flexibility index (Phi) is 4.38. The van der Waals surface area contributed by atoms with Crippen molar-refractivity contribution in [1.29, 1.82) is 0 Å². The number of aromatic nitrogens is 1. The number of nitrogens with zero attached hydrogens (tertiary/aromatic N) is 1. The third-order valence-electron chi connectivity index (χ3n) is 1.64. The summed E-state index contributed by atoms with van der Waals surface area (Å²) in [5, 5.41) is 9.08. The molecule has 0 spiro atoms. The van der Waals surface area contributed by atoms with Gasteiger partial charge in [0.1, 0.15) is 9.26 Å². The second-order valence-corrected chi connectivity index (χ2v) is 4.19. The van der Waals surface area contributed by atoms with E-state index in [1.807, 2.05) is 0 Å². The standard InChI is InChI=1S/C8H5BrF2INO2/c9-2-3-1-4(6(10)11)5(8(14)15)7(12)13-3/h1,6H,2H2,(H,14,15). The highest BCUT2D eigenvalue weighted by Crippen LogP contribution is 2.27. The van der Waals surface area contributed by atoms with Crippen LogP contribution in [0.3, 0.4) is 0 Å². The van der Waals surface area contributed by atoms with E-state index in [1.54, 1.807) is 22.6 Å². The summed E-state index contributed by atoms with van der Waals surface area (Å²) in [5.41, 5.74) is -0.522. The van der Waals surface area contributed by atoms with Crippen LogP contribution in [0, 0.1) is 3.70 Å². The lowest BCUT2D eigenvalue weighted by molar-refractivity contribution is 0.0682. The van der Waals surface area contributed by atoms with E-state index in [0.29, 0.717) is 11.0 Å². The molecule has 82 valence electrons. The highest BCUT2D eigenvalue weighted by Gasteiger charge is 2.22. The van der Waals surface area contributed by atoms with E-state index in [2.05, 4.69) is 20.9 Å². The molecule has 0 aromatic carbocycles. The third-order valence-corrected chi connectivity index (χ3v) is 3.00. The van der Waals surface area contributed by atoms with E-state index in [9.17, 15) is 13.6 Å². The molecule has 3 nitrogen and oxygen atoms in total. The van der Waals surface area contributed by atoms with Crippen molar-refractivity contribution in [1.82, 2.24) is 4.98 Å². The first kappa shape index (κ1) is 12.8. The zero-order valence-electron chi connectivity index (χ0n) is 7.18. The van der Waals surface area contributed by atoms with Gasteiger partial charge in [0.2, 0.25) is 0 Å². The van der Waals surface area contributed by atoms with Gasteiger partial charge in [-0.3, -0.25) is 0 Å². The summed E-state index contributed by atoms with van der Waals surface area (Å²) < 4.78 is 25.2. The molecule has 0 amide bonds. The number of rotatable bonds is 3. The number of carbonyl (C=O) groups is 1. The van der Waals surface area contributed by atoms with Crippen LogP contribution in [-0.2, 0) is 5.33 Å². The van der Waals surface area contributed by atoms with Crippen LogP contribution in [0.5, 0.6) is 0 Å². The van der Waals surface area contributed by atoms with Gasteiger partial charge in [0.25, 0.3) is 6.43 Å². The topological polar surface area (TPSA) is 50.2 Å². The number of carboxylic acids is 1. The van der Waals surface area contributed by atoms with Gasteiger partial charge in [0, 0.05) is 10.9 Å². The van der Waals surface area contributed by atoms with Gasteiger partial charge in [-0.2, -0.15) is 0 Å². The molecule has 1 heterocycles. The molecular weight excluding hydrogens is 387 g/mol. The second-order valence-electron chi connectivity index (χ2n) is 2.61. The van der Waals surface area contributed by atoms with Gasteiger partial charge in [-0.1, -0.05) is 15.9 Å².